The fraction of sp³-hybridized carbons (Fsp3) is 0.273. The van der Waals surface area contributed by atoms with Crippen LogP contribution in [0.25, 0.3) is 11.4 Å². The van der Waals surface area contributed by atoms with Crippen molar-refractivity contribution in [3.63, 3.8) is 0 Å². The number of nitrogens with zero attached hydrogens (tertiary/aromatic N) is 2. The Kier molecular flexibility index (Phi) is 3.22. The quantitative estimate of drug-likeness (QED) is 0.887. The number of hydrogen-bond donors (Lipinski definition) is 2. The summed E-state index contributed by atoms with van der Waals surface area (Å²) in [5.74, 6) is -0.991. The third-order valence-corrected chi connectivity index (χ3v) is 2.21. The van der Waals surface area contributed by atoms with Crippen molar-refractivity contribution >= 4 is 5.82 Å². The molecule has 0 aromatic carbocycles. The van der Waals surface area contributed by atoms with Gasteiger partial charge in [-0.05, 0) is 19.1 Å². The van der Waals surface area contributed by atoms with Gasteiger partial charge in [0.15, 0.2) is 0 Å². The van der Waals surface area contributed by atoms with Crippen molar-refractivity contribution in [1.29, 1.82) is 0 Å². The molecule has 2 heterocycles. The van der Waals surface area contributed by atoms with Crippen molar-refractivity contribution in [2.75, 3.05) is 11.9 Å². The molecule has 4 nitrogen and oxygen atoms in total. The fourth-order valence-corrected chi connectivity index (χ4v) is 1.47. The van der Waals surface area contributed by atoms with Gasteiger partial charge in [-0.15, -0.1) is 0 Å². The van der Waals surface area contributed by atoms with Gasteiger partial charge in [0.2, 0.25) is 5.82 Å². The Morgan fingerprint density at radius 2 is 2.11 bits per heavy atom. The molecular formula is C11H11F3N4. The van der Waals surface area contributed by atoms with Crippen molar-refractivity contribution in [3.8, 4) is 11.4 Å². The Morgan fingerprint density at radius 3 is 2.67 bits per heavy atom. The highest BCUT2D eigenvalue weighted by molar-refractivity contribution is 5.58. The van der Waals surface area contributed by atoms with Gasteiger partial charge in [0, 0.05) is 18.8 Å². The molecular weight excluding hydrogens is 245 g/mol. The topological polar surface area (TPSA) is 53.6 Å². The molecule has 0 aliphatic rings. The van der Waals surface area contributed by atoms with E-state index in [0.717, 1.165) is 0 Å². The van der Waals surface area contributed by atoms with E-state index in [9.17, 15) is 13.2 Å². The van der Waals surface area contributed by atoms with Gasteiger partial charge < -0.3 is 10.3 Å². The summed E-state index contributed by atoms with van der Waals surface area (Å²) in [6, 6.07) is 4.82. The summed E-state index contributed by atoms with van der Waals surface area (Å²) in [5, 5.41) is 2.76. The van der Waals surface area contributed by atoms with Gasteiger partial charge in [0.05, 0.1) is 11.4 Å². The Balaban J connectivity index is 2.50. The molecule has 7 heteroatoms. The van der Waals surface area contributed by atoms with Gasteiger partial charge in [-0.25, -0.2) is 9.97 Å². The van der Waals surface area contributed by atoms with Crippen LogP contribution in [0.4, 0.5) is 19.0 Å². The smallest absolute Gasteiger partial charge is 0.370 e. The first-order valence-electron chi connectivity index (χ1n) is 5.34. The number of nitrogens with one attached hydrogen (secondary N) is 2. The van der Waals surface area contributed by atoms with Crippen LogP contribution in [0, 0.1) is 0 Å². The molecule has 0 unspecified atom stereocenters. The molecule has 0 aliphatic carbocycles. The second-order valence-electron chi connectivity index (χ2n) is 3.57. The van der Waals surface area contributed by atoms with E-state index in [0.29, 0.717) is 12.2 Å². The van der Waals surface area contributed by atoms with E-state index in [1.54, 1.807) is 25.3 Å². The lowest BCUT2D eigenvalue weighted by molar-refractivity contribution is -0.144. The normalized spacial score (nSPS) is 11.6. The Bertz CT molecular complexity index is 520. The zero-order chi connectivity index (χ0) is 13.2. The van der Waals surface area contributed by atoms with Gasteiger partial charge in [0.25, 0.3) is 0 Å². The standard InChI is InChI=1S/C11H11F3N4/c1-2-15-9-6-8(7-4-3-5-16-7)17-10(18-9)11(12,13)14/h3-6,16H,2H2,1H3,(H,15,17,18). The molecule has 2 aromatic heterocycles. The van der Waals surface area contributed by atoms with Crippen molar-refractivity contribution in [2.24, 2.45) is 0 Å². The number of rotatable bonds is 3. The fourth-order valence-electron chi connectivity index (χ4n) is 1.47. The van der Waals surface area contributed by atoms with E-state index >= 15 is 0 Å². The number of alkyl halides is 3. The molecule has 0 fully saturated rings. The van der Waals surface area contributed by atoms with E-state index in [4.69, 9.17) is 0 Å². The van der Waals surface area contributed by atoms with Gasteiger partial charge in [-0.3, -0.25) is 0 Å². The number of hydrogen-bond acceptors (Lipinski definition) is 3. The lowest BCUT2D eigenvalue weighted by atomic mass is 10.3. The molecule has 2 aromatic rings. The predicted molar refractivity (Wildman–Crippen MR) is 61.0 cm³/mol. The zero-order valence-corrected chi connectivity index (χ0v) is 9.54. The SMILES string of the molecule is CCNc1cc(-c2ccc[nH]2)nc(C(F)(F)F)n1. The maximum absolute atomic E-state index is 12.7. The third kappa shape index (κ3) is 2.61. The van der Waals surface area contributed by atoms with Crippen LogP contribution in [0.3, 0.4) is 0 Å². The van der Waals surface area contributed by atoms with Crippen LogP contribution in [-0.4, -0.2) is 21.5 Å². The molecule has 96 valence electrons. The minimum atomic E-state index is -4.56. The van der Waals surface area contributed by atoms with Crippen LogP contribution in [-0.2, 0) is 6.18 Å². The molecule has 0 aliphatic heterocycles. The molecule has 18 heavy (non-hydrogen) atoms. The van der Waals surface area contributed by atoms with Crippen LogP contribution in [0.15, 0.2) is 24.4 Å². The Labute approximate surface area is 101 Å². The first-order chi connectivity index (χ1) is 8.50. The van der Waals surface area contributed by atoms with Crippen LogP contribution in [0.5, 0.6) is 0 Å². The van der Waals surface area contributed by atoms with Crippen LogP contribution in [0.1, 0.15) is 12.7 Å². The first kappa shape index (κ1) is 12.4. The van der Waals surface area contributed by atoms with Crippen LogP contribution < -0.4 is 5.32 Å². The van der Waals surface area contributed by atoms with Crippen molar-refractivity contribution in [2.45, 2.75) is 13.1 Å². The average molecular weight is 256 g/mol. The van der Waals surface area contributed by atoms with Crippen molar-refractivity contribution in [3.05, 3.63) is 30.2 Å². The molecule has 2 rings (SSSR count). The number of halogens is 3. The minimum absolute atomic E-state index is 0.157. The minimum Gasteiger partial charge on any atom is -0.370 e. The Hall–Kier alpha value is -2.05. The van der Waals surface area contributed by atoms with Crippen LogP contribution >= 0.6 is 0 Å². The molecule has 2 N–H and O–H groups in total. The summed E-state index contributed by atoms with van der Waals surface area (Å²) < 4.78 is 38.0. The zero-order valence-electron chi connectivity index (χ0n) is 9.54. The van der Waals surface area contributed by atoms with E-state index in [1.807, 2.05) is 0 Å². The summed E-state index contributed by atoms with van der Waals surface area (Å²) in [6.45, 7) is 2.27. The monoisotopic (exact) mass is 256 g/mol. The molecule has 0 amide bonds. The number of aromatic nitrogens is 3. The summed E-state index contributed by atoms with van der Waals surface area (Å²) in [6.07, 6.45) is -2.94. The maximum atomic E-state index is 12.7. The van der Waals surface area contributed by atoms with Gasteiger partial charge in [-0.2, -0.15) is 13.2 Å². The van der Waals surface area contributed by atoms with Crippen LogP contribution in [0.2, 0.25) is 0 Å². The summed E-state index contributed by atoms with van der Waals surface area (Å²) >= 11 is 0. The highest BCUT2D eigenvalue weighted by Crippen LogP contribution is 2.29. The lowest BCUT2D eigenvalue weighted by Gasteiger charge is -2.10. The number of aromatic amines is 1. The highest BCUT2D eigenvalue weighted by atomic mass is 19.4. The van der Waals surface area contributed by atoms with E-state index in [2.05, 4.69) is 20.3 Å². The van der Waals surface area contributed by atoms with Gasteiger partial charge in [-0.1, -0.05) is 0 Å². The second-order valence-corrected chi connectivity index (χ2v) is 3.57. The first-order valence-corrected chi connectivity index (χ1v) is 5.34. The average Bonchev–Trinajstić information content (AvgIpc) is 2.81. The van der Waals surface area contributed by atoms with Gasteiger partial charge in [0.1, 0.15) is 5.82 Å². The number of H-pyrrole nitrogens is 1. The second kappa shape index (κ2) is 4.67. The predicted octanol–water partition coefficient (Wildman–Crippen LogP) is 2.92. The molecule has 0 saturated carbocycles. The number of anilines is 1. The highest BCUT2D eigenvalue weighted by Gasteiger charge is 2.35. The maximum Gasteiger partial charge on any atom is 0.451 e. The Morgan fingerprint density at radius 1 is 1.33 bits per heavy atom. The molecule has 0 atom stereocenters. The van der Waals surface area contributed by atoms with E-state index in [-0.39, 0.29) is 11.5 Å². The van der Waals surface area contributed by atoms with Crippen molar-refractivity contribution in [1.82, 2.24) is 15.0 Å². The van der Waals surface area contributed by atoms with E-state index < -0.39 is 12.0 Å². The molecule has 0 radical (unpaired) electrons. The summed E-state index contributed by atoms with van der Waals surface area (Å²) in [7, 11) is 0. The largest absolute Gasteiger partial charge is 0.451 e. The summed E-state index contributed by atoms with van der Waals surface area (Å²) in [4.78, 5) is 9.78. The molecule has 0 saturated heterocycles. The third-order valence-electron chi connectivity index (χ3n) is 2.21. The molecule has 0 spiro atoms. The lowest BCUT2D eigenvalue weighted by Crippen LogP contribution is -2.13. The van der Waals surface area contributed by atoms with Crippen molar-refractivity contribution < 1.29 is 13.2 Å². The van der Waals surface area contributed by atoms with E-state index in [1.165, 1.54) is 6.07 Å². The van der Waals surface area contributed by atoms with Gasteiger partial charge >= 0.3 is 6.18 Å². The molecule has 0 bridgehead atoms. The summed E-state index contributed by atoms with van der Waals surface area (Å²) in [5.41, 5.74) is 0.723.